The van der Waals surface area contributed by atoms with Crippen molar-refractivity contribution in [2.24, 2.45) is 11.3 Å². The molecule has 0 saturated heterocycles. The maximum atomic E-state index is 3.57. The largest absolute Gasteiger partial charge is 0.0803 e. The predicted octanol–water partition coefficient (Wildman–Crippen LogP) is 5.53. The minimum Gasteiger partial charge on any atom is -0.0803 e. The second kappa shape index (κ2) is 5.67. The number of rotatable bonds is 3. The van der Waals surface area contributed by atoms with Crippen LogP contribution in [0.4, 0.5) is 0 Å². The molecule has 1 heteroatoms. The van der Waals surface area contributed by atoms with Crippen LogP contribution in [0.1, 0.15) is 39.7 Å². The normalized spacial score (nSPS) is 14.3. The zero-order valence-corrected chi connectivity index (χ0v) is 12.2. The van der Waals surface area contributed by atoms with E-state index in [4.69, 9.17) is 0 Å². The van der Waals surface area contributed by atoms with Gasteiger partial charge in [0, 0.05) is 4.47 Å². The van der Waals surface area contributed by atoms with Gasteiger partial charge in [-0.2, -0.15) is 0 Å². The second-order valence-corrected chi connectivity index (χ2v) is 6.12. The molecule has 16 heavy (non-hydrogen) atoms. The van der Waals surface area contributed by atoms with Crippen molar-refractivity contribution >= 4 is 22.0 Å². The van der Waals surface area contributed by atoms with Crippen LogP contribution in [0.2, 0.25) is 0 Å². The summed E-state index contributed by atoms with van der Waals surface area (Å²) in [4.78, 5) is 0. The molecule has 0 bridgehead atoms. The van der Waals surface area contributed by atoms with Crippen molar-refractivity contribution in [2.75, 3.05) is 0 Å². The molecule has 0 saturated carbocycles. The first-order valence-corrected chi connectivity index (χ1v) is 6.67. The third-order valence-electron chi connectivity index (χ3n) is 2.97. The van der Waals surface area contributed by atoms with Crippen molar-refractivity contribution in [1.29, 1.82) is 0 Å². The Balaban J connectivity index is 2.84. The topological polar surface area (TPSA) is 0 Å². The van der Waals surface area contributed by atoms with E-state index in [0.717, 1.165) is 4.47 Å². The molecule has 0 aliphatic rings. The lowest BCUT2D eigenvalue weighted by Gasteiger charge is -2.27. The molecule has 1 aromatic carbocycles. The molecule has 0 aliphatic heterocycles. The smallest absolute Gasteiger partial charge is 0.0247 e. The third-order valence-corrected chi connectivity index (χ3v) is 3.69. The Kier molecular flexibility index (Phi) is 4.79. The van der Waals surface area contributed by atoms with Crippen LogP contribution in [0.3, 0.4) is 0 Å². The monoisotopic (exact) mass is 280 g/mol. The number of benzene rings is 1. The highest BCUT2D eigenvalue weighted by Gasteiger charge is 2.19. The van der Waals surface area contributed by atoms with Gasteiger partial charge >= 0.3 is 0 Å². The Bertz CT molecular complexity index is 358. The van der Waals surface area contributed by atoms with E-state index in [9.17, 15) is 0 Å². The molecule has 0 aliphatic carbocycles. The fourth-order valence-corrected chi connectivity index (χ4v) is 2.28. The van der Waals surface area contributed by atoms with Gasteiger partial charge in [0.15, 0.2) is 0 Å². The Hall–Kier alpha value is -0.560. The molecule has 0 aromatic heterocycles. The number of hydrogen-bond donors (Lipinski definition) is 0. The number of allylic oxidation sites excluding steroid dienone is 1. The lowest BCUT2D eigenvalue weighted by molar-refractivity contribution is 0.287. The second-order valence-electron chi connectivity index (χ2n) is 5.26. The quantitative estimate of drug-likeness (QED) is 0.683. The van der Waals surface area contributed by atoms with Crippen LogP contribution in [-0.4, -0.2) is 0 Å². The van der Waals surface area contributed by atoms with Crippen molar-refractivity contribution in [3.63, 3.8) is 0 Å². The molecule has 88 valence electrons. The van der Waals surface area contributed by atoms with Gasteiger partial charge in [0.2, 0.25) is 0 Å². The molecular formula is C15H21Br. The van der Waals surface area contributed by atoms with E-state index in [-0.39, 0.29) is 0 Å². The summed E-state index contributed by atoms with van der Waals surface area (Å²) in [7, 11) is 0. The Morgan fingerprint density at radius 2 is 1.88 bits per heavy atom. The van der Waals surface area contributed by atoms with Gasteiger partial charge < -0.3 is 0 Å². The molecular weight excluding hydrogens is 260 g/mol. The average molecular weight is 281 g/mol. The lowest BCUT2D eigenvalue weighted by atomic mass is 9.79. The first-order valence-electron chi connectivity index (χ1n) is 5.88. The van der Waals surface area contributed by atoms with Crippen LogP contribution in [0.15, 0.2) is 34.8 Å². The number of halogens is 1. The van der Waals surface area contributed by atoms with Gasteiger partial charge in [0.1, 0.15) is 0 Å². The van der Waals surface area contributed by atoms with Crippen LogP contribution in [0, 0.1) is 11.3 Å². The SMILES string of the molecule is CCC(/C=C/c1ccccc1Br)C(C)(C)C. The van der Waals surface area contributed by atoms with Gasteiger partial charge in [-0.1, -0.05) is 74.0 Å². The van der Waals surface area contributed by atoms with Crippen molar-refractivity contribution in [3.8, 4) is 0 Å². The first kappa shape index (κ1) is 13.5. The Labute approximate surface area is 108 Å². The van der Waals surface area contributed by atoms with Gasteiger partial charge in [-0.15, -0.1) is 0 Å². The highest BCUT2D eigenvalue weighted by molar-refractivity contribution is 9.10. The summed E-state index contributed by atoms with van der Waals surface area (Å²) < 4.78 is 1.16. The summed E-state index contributed by atoms with van der Waals surface area (Å²) in [6.45, 7) is 9.14. The summed E-state index contributed by atoms with van der Waals surface area (Å²) in [6, 6.07) is 8.33. The van der Waals surface area contributed by atoms with Gasteiger partial charge in [-0.3, -0.25) is 0 Å². The van der Waals surface area contributed by atoms with E-state index >= 15 is 0 Å². The van der Waals surface area contributed by atoms with Gasteiger partial charge in [-0.25, -0.2) is 0 Å². The van der Waals surface area contributed by atoms with Crippen molar-refractivity contribution in [3.05, 3.63) is 40.4 Å². The highest BCUT2D eigenvalue weighted by Crippen LogP contribution is 2.30. The molecule has 0 fully saturated rings. The zero-order chi connectivity index (χ0) is 12.2. The maximum Gasteiger partial charge on any atom is 0.0247 e. The van der Waals surface area contributed by atoms with Gasteiger partial charge in [0.05, 0.1) is 0 Å². The molecule has 0 nitrogen and oxygen atoms in total. The minimum absolute atomic E-state index is 0.340. The fourth-order valence-electron chi connectivity index (χ4n) is 1.87. The van der Waals surface area contributed by atoms with E-state index in [2.05, 4.69) is 74.0 Å². The summed E-state index contributed by atoms with van der Waals surface area (Å²) >= 11 is 3.57. The van der Waals surface area contributed by atoms with E-state index in [1.54, 1.807) is 0 Å². The molecule has 0 amide bonds. The van der Waals surface area contributed by atoms with E-state index < -0.39 is 0 Å². The molecule has 1 unspecified atom stereocenters. The highest BCUT2D eigenvalue weighted by atomic mass is 79.9. The molecule has 0 spiro atoms. The average Bonchev–Trinajstić information content (AvgIpc) is 2.19. The molecule has 0 heterocycles. The van der Waals surface area contributed by atoms with Crippen LogP contribution >= 0.6 is 15.9 Å². The van der Waals surface area contributed by atoms with Gasteiger partial charge in [0.25, 0.3) is 0 Å². The molecule has 1 rings (SSSR count). The van der Waals surface area contributed by atoms with Crippen molar-refractivity contribution in [2.45, 2.75) is 34.1 Å². The summed E-state index contributed by atoms with van der Waals surface area (Å²) in [5.41, 5.74) is 1.59. The van der Waals surface area contributed by atoms with Gasteiger partial charge in [-0.05, 0) is 29.4 Å². The maximum absolute atomic E-state index is 3.57. The first-order chi connectivity index (χ1) is 7.45. The standard InChI is InChI=1S/C15H21Br/c1-5-13(15(2,3)4)11-10-12-8-6-7-9-14(12)16/h6-11,13H,5H2,1-4H3/b11-10+. The van der Waals surface area contributed by atoms with E-state index in [1.165, 1.54) is 12.0 Å². The van der Waals surface area contributed by atoms with Crippen LogP contribution < -0.4 is 0 Å². The predicted molar refractivity (Wildman–Crippen MR) is 76.4 cm³/mol. The number of hydrogen-bond acceptors (Lipinski definition) is 0. The van der Waals surface area contributed by atoms with Crippen LogP contribution in [-0.2, 0) is 0 Å². The van der Waals surface area contributed by atoms with Crippen LogP contribution in [0.5, 0.6) is 0 Å². The summed E-state index contributed by atoms with van der Waals surface area (Å²) in [5, 5.41) is 0. The Morgan fingerprint density at radius 1 is 1.25 bits per heavy atom. The third kappa shape index (κ3) is 3.79. The molecule has 1 atom stereocenters. The molecule has 0 radical (unpaired) electrons. The van der Waals surface area contributed by atoms with Crippen molar-refractivity contribution < 1.29 is 0 Å². The van der Waals surface area contributed by atoms with E-state index in [1.807, 2.05) is 6.07 Å². The molecule has 1 aromatic rings. The lowest BCUT2D eigenvalue weighted by Crippen LogP contribution is -2.17. The summed E-state index contributed by atoms with van der Waals surface area (Å²) in [5.74, 6) is 0.625. The minimum atomic E-state index is 0.340. The van der Waals surface area contributed by atoms with E-state index in [0.29, 0.717) is 11.3 Å². The van der Waals surface area contributed by atoms with Crippen LogP contribution in [0.25, 0.3) is 6.08 Å². The fraction of sp³-hybridized carbons (Fsp3) is 0.467. The zero-order valence-electron chi connectivity index (χ0n) is 10.6. The van der Waals surface area contributed by atoms with Crippen molar-refractivity contribution in [1.82, 2.24) is 0 Å². The summed E-state index contributed by atoms with van der Waals surface area (Å²) in [6.07, 6.45) is 5.74. The molecule has 0 N–H and O–H groups in total. The Morgan fingerprint density at radius 3 is 2.38 bits per heavy atom.